The van der Waals surface area contributed by atoms with Crippen molar-refractivity contribution in [2.24, 2.45) is 0 Å². The largest absolute Gasteiger partial charge is 0.468 e. The Labute approximate surface area is 57.7 Å². The quantitative estimate of drug-likeness (QED) is 0.499. The van der Waals surface area contributed by atoms with Crippen LogP contribution in [0.1, 0.15) is 0 Å². The number of carbonyl (C=O) groups excluding carboxylic acids is 1. The third-order valence-electron chi connectivity index (χ3n) is 1.09. The molecular weight excluding hydrogens is 140 g/mol. The van der Waals surface area contributed by atoms with Crippen molar-refractivity contribution in [1.82, 2.24) is 0 Å². The minimum absolute atomic E-state index is 0.0880. The van der Waals surface area contributed by atoms with Crippen molar-refractivity contribution in [3.8, 4) is 0 Å². The lowest BCUT2D eigenvalue weighted by atomic mass is 10.4. The molecule has 9 heavy (non-hydrogen) atoms. The van der Waals surface area contributed by atoms with E-state index in [9.17, 15) is 4.79 Å². The smallest absolute Gasteiger partial charge is 0.321 e. The summed E-state index contributed by atoms with van der Waals surface area (Å²) in [5.74, 6) is 0.428. The van der Waals surface area contributed by atoms with Gasteiger partial charge in [-0.25, -0.2) is 0 Å². The molecule has 0 spiro atoms. The first-order valence-electron chi connectivity index (χ1n) is 2.62. The van der Waals surface area contributed by atoms with Crippen LogP contribution in [0.4, 0.5) is 0 Å². The molecular formula is C5H8O3S. The number of hydrogen-bond acceptors (Lipinski definition) is 4. The standard InChI is InChI=1S/C5H8O3S/c1-7-5(6)4-2-8-3-9-4/h4H,2-3H2,1H3. The summed E-state index contributed by atoms with van der Waals surface area (Å²) in [5, 5.41) is -0.0880. The lowest BCUT2D eigenvalue weighted by molar-refractivity contribution is -0.140. The van der Waals surface area contributed by atoms with E-state index in [4.69, 9.17) is 4.74 Å². The van der Waals surface area contributed by atoms with Crippen LogP contribution in [0.15, 0.2) is 0 Å². The summed E-state index contributed by atoms with van der Waals surface area (Å²) in [6.45, 7) is 0.497. The summed E-state index contributed by atoms with van der Waals surface area (Å²) >= 11 is 1.48. The van der Waals surface area contributed by atoms with Crippen LogP contribution in [0.25, 0.3) is 0 Å². The molecule has 0 N–H and O–H groups in total. The van der Waals surface area contributed by atoms with Gasteiger partial charge in [-0.15, -0.1) is 11.8 Å². The number of thioether (sulfide) groups is 1. The fraction of sp³-hybridized carbons (Fsp3) is 0.800. The number of rotatable bonds is 1. The van der Waals surface area contributed by atoms with E-state index in [-0.39, 0.29) is 11.2 Å². The molecule has 0 radical (unpaired) electrons. The molecule has 1 atom stereocenters. The van der Waals surface area contributed by atoms with Gasteiger partial charge in [0.1, 0.15) is 5.25 Å². The van der Waals surface area contributed by atoms with E-state index in [0.717, 1.165) is 0 Å². The van der Waals surface area contributed by atoms with Crippen LogP contribution in [-0.4, -0.2) is 30.9 Å². The van der Waals surface area contributed by atoms with E-state index in [1.807, 2.05) is 0 Å². The molecule has 1 heterocycles. The van der Waals surface area contributed by atoms with Crippen LogP contribution in [0.3, 0.4) is 0 Å². The summed E-state index contributed by atoms with van der Waals surface area (Å²) < 4.78 is 9.44. The molecule has 0 aromatic rings. The Kier molecular flexibility index (Phi) is 2.36. The van der Waals surface area contributed by atoms with Crippen molar-refractivity contribution in [1.29, 1.82) is 0 Å². The molecule has 0 aliphatic carbocycles. The van der Waals surface area contributed by atoms with Crippen LogP contribution in [-0.2, 0) is 14.3 Å². The lowest BCUT2D eigenvalue weighted by Crippen LogP contribution is -2.18. The molecule has 0 amide bonds. The Morgan fingerprint density at radius 2 is 2.67 bits per heavy atom. The highest BCUT2D eigenvalue weighted by Gasteiger charge is 2.24. The second-order valence-electron chi connectivity index (χ2n) is 1.67. The van der Waals surface area contributed by atoms with E-state index in [1.165, 1.54) is 18.9 Å². The monoisotopic (exact) mass is 148 g/mol. The highest BCUT2D eigenvalue weighted by atomic mass is 32.2. The van der Waals surface area contributed by atoms with Gasteiger partial charge in [0.2, 0.25) is 0 Å². The maximum absolute atomic E-state index is 10.7. The van der Waals surface area contributed by atoms with Crippen LogP contribution in [0.5, 0.6) is 0 Å². The average molecular weight is 148 g/mol. The summed E-state index contributed by atoms with van der Waals surface area (Å²) in [6.07, 6.45) is 0. The average Bonchev–Trinajstić information content (AvgIpc) is 2.37. The predicted molar refractivity (Wildman–Crippen MR) is 34.2 cm³/mol. The van der Waals surface area contributed by atoms with Crippen molar-refractivity contribution < 1.29 is 14.3 Å². The van der Waals surface area contributed by atoms with Crippen molar-refractivity contribution in [2.75, 3.05) is 19.7 Å². The summed E-state index contributed by atoms with van der Waals surface area (Å²) in [4.78, 5) is 10.7. The minimum atomic E-state index is -0.183. The molecule has 1 rings (SSSR count). The number of carbonyl (C=O) groups is 1. The van der Waals surface area contributed by atoms with E-state index in [0.29, 0.717) is 12.5 Å². The summed E-state index contributed by atoms with van der Waals surface area (Å²) in [5.41, 5.74) is 0. The molecule has 1 unspecified atom stereocenters. The molecule has 0 bridgehead atoms. The first-order valence-corrected chi connectivity index (χ1v) is 3.66. The third kappa shape index (κ3) is 1.59. The van der Waals surface area contributed by atoms with Gasteiger partial charge in [-0.05, 0) is 0 Å². The minimum Gasteiger partial charge on any atom is -0.468 e. The van der Waals surface area contributed by atoms with Gasteiger partial charge in [0.15, 0.2) is 0 Å². The predicted octanol–water partition coefficient (Wildman–Crippen LogP) is 0.249. The van der Waals surface area contributed by atoms with E-state index < -0.39 is 0 Å². The van der Waals surface area contributed by atoms with E-state index in [2.05, 4.69) is 4.74 Å². The summed E-state index contributed by atoms with van der Waals surface area (Å²) in [7, 11) is 1.39. The summed E-state index contributed by atoms with van der Waals surface area (Å²) in [6, 6.07) is 0. The van der Waals surface area contributed by atoms with Crippen molar-refractivity contribution in [3.05, 3.63) is 0 Å². The Morgan fingerprint density at radius 1 is 1.89 bits per heavy atom. The molecule has 1 fully saturated rings. The van der Waals surface area contributed by atoms with Gasteiger partial charge in [-0.1, -0.05) is 0 Å². The van der Waals surface area contributed by atoms with Crippen molar-refractivity contribution in [2.45, 2.75) is 5.25 Å². The van der Waals surface area contributed by atoms with Gasteiger partial charge >= 0.3 is 5.97 Å². The normalized spacial score (nSPS) is 26.1. The highest BCUT2D eigenvalue weighted by Crippen LogP contribution is 2.19. The Hall–Kier alpha value is -0.220. The van der Waals surface area contributed by atoms with Gasteiger partial charge in [-0.3, -0.25) is 4.79 Å². The molecule has 1 saturated heterocycles. The molecule has 0 aromatic carbocycles. The molecule has 0 aromatic heterocycles. The van der Waals surface area contributed by atoms with Crippen LogP contribution >= 0.6 is 11.8 Å². The fourth-order valence-corrected chi connectivity index (χ4v) is 1.38. The van der Waals surface area contributed by atoms with Gasteiger partial charge in [0, 0.05) is 0 Å². The van der Waals surface area contributed by atoms with Gasteiger partial charge < -0.3 is 9.47 Å². The molecule has 1 aliphatic heterocycles. The highest BCUT2D eigenvalue weighted by molar-refractivity contribution is 8.00. The third-order valence-corrected chi connectivity index (χ3v) is 2.12. The zero-order valence-corrected chi connectivity index (χ0v) is 5.94. The van der Waals surface area contributed by atoms with Crippen molar-refractivity contribution in [3.63, 3.8) is 0 Å². The SMILES string of the molecule is COC(=O)C1COCS1. The number of ether oxygens (including phenoxy) is 2. The molecule has 1 aliphatic rings. The molecule has 4 heteroatoms. The van der Waals surface area contributed by atoms with Gasteiger partial charge in [0.05, 0.1) is 19.7 Å². The zero-order valence-electron chi connectivity index (χ0n) is 5.12. The number of methoxy groups -OCH3 is 1. The maximum Gasteiger partial charge on any atom is 0.321 e. The lowest BCUT2D eigenvalue weighted by Gasteiger charge is -2.01. The van der Waals surface area contributed by atoms with Gasteiger partial charge in [-0.2, -0.15) is 0 Å². The Morgan fingerprint density at radius 3 is 3.11 bits per heavy atom. The zero-order chi connectivity index (χ0) is 6.69. The second-order valence-corrected chi connectivity index (χ2v) is 2.81. The molecule has 52 valence electrons. The topological polar surface area (TPSA) is 35.5 Å². The molecule has 0 saturated carbocycles. The van der Waals surface area contributed by atoms with Crippen LogP contribution < -0.4 is 0 Å². The van der Waals surface area contributed by atoms with Crippen molar-refractivity contribution >= 4 is 17.7 Å². The fourth-order valence-electron chi connectivity index (χ4n) is 0.601. The van der Waals surface area contributed by atoms with Gasteiger partial charge in [0.25, 0.3) is 0 Å². The second kappa shape index (κ2) is 3.08. The van der Waals surface area contributed by atoms with E-state index >= 15 is 0 Å². The molecule has 3 nitrogen and oxygen atoms in total. The number of esters is 1. The van der Waals surface area contributed by atoms with Crippen LogP contribution in [0.2, 0.25) is 0 Å². The maximum atomic E-state index is 10.7. The Balaban J connectivity index is 2.32. The first kappa shape index (κ1) is 6.89. The van der Waals surface area contributed by atoms with Crippen LogP contribution in [0, 0.1) is 0 Å². The first-order chi connectivity index (χ1) is 4.34. The Bertz CT molecular complexity index is 109. The number of hydrogen-bond donors (Lipinski definition) is 0. The van der Waals surface area contributed by atoms with E-state index in [1.54, 1.807) is 0 Å².